The molecule has 0 bridgehead atoms. The molecule has 0 saturated heterocycles. The van der Waals surface area contributed by atoms with Gasteiger partial charge in [0.25, 0.3) is 5.91 Å². The summed E-state index contributed by atoms with van der Waals surface area (Å²) < 4.78 is 2.12. The van der Waals surface area contributed by atoms with Crippen LogP contribution in [0, 0.1) is 0 Å². The van der Waals surface area contributed by atoms with Crippen molar-refractivity contribution in [3.63, 3.8) is 0 Å². The van der Waals surface area contributed by atoms with Gasteiger partial charge in [0.05, 0.1) is 5.69 Å². The van der Waals surface area contributed by atoms with Crippen molar-refractivity contribution in [1.29, 1.82) is 0 Å². The fourth-order valence-electron chi connectivity index (χ4n) is 3.11. The van der Waals surface area contributed by atoms with E-state index in [1.165, 1.54) is 16.7 Å². The Hall–Kier alpha value is -2.92. The zero-order valence-electron chi connectivity index (χ0n) is 14.7. The van der Waals surface area contributed by atoms with Gasteiger partial charge in [0.1, 0.15) is 10.7 Å². The van der Waals surface area contributed by atoms with Gasteiger partial charge in [-0.25, -0.2) is 4.98 Å². The van der Waals surface area contributed by atoms with Crippen LogP contribution in [0.2, 0.25) is 0 Å². The number of para-hydroxylation sites is 1. The second-order valence-electron chi connectivity index (χ2n) is 6.33. The van der Waals surface area contributed by atoms with E-state index in [2.05, 4.69) is 27.8 Å². The van der Waals surface area contributed by atoms with E-state index in [9.17, 15) is 4.79 Å². The molecule has 0 spiro atoms. The molecule has 2 heterocycles. The van der Waals surface area contributed by atoms with Crippen molar-refractivity contribution in [2.24, 2.45) is 7.05 Å². The summed E-state index contributed by atoms with van der Waals surface area (Å²) in [5.41, 5.74) is 3.79. The summed E-state index contributed by atoms with van der Waals surface area (Å²) in [6, 6.07) is 20.3. The van der Waals surface area contributed by atoms with E-state index in [1.54, 1.807) is 4.90 Å². The Balaban J connectivity index is 1.59. The Morgan fingerprint density at radius 3 is 2.62 bits per heavy atom. The lowest BCUT2D eigenvalue weighted by molar-refractivity contribution is 0.0780. The predicted octanol–water partition coefficient (Wildman–Crippen LogP) is 4.57. The SMILES string of the molecule is CN(Cc1ccccc1)C(=O)c1csc(-c2cc3ccccc3n2C)n1. The van der Waals surface area contributed by atoms with Gasteiger partial charge in [0.15, 0.2) is 0 Å². The molecule has 0 atom stereocenters. The third kappa shape index (κ3) is 3.02. The number of aromatic nitrogens is 2. The van der Waals surface area contributed by atoms with Crippen molar-refractivity contribution in [2.45, 2.75) is 6.54 Å². The molecule has 26 heavy (non-hydrogen) atoms. The molecule has 0 saturated carbocycles. The number of carbonyl (C=O) groups excluding carboxylic acids is 1. The van der Waals surface area contributed by atoms with E-state index < -0.39 is 0 Å². The van der Waals surface area contributed by atoms with Gasteiger partial charge in [-0.2, -0.15) is 0 Å². The van der Waals surface area contributed by atoms with Gasteiger partial charge >= 0.3 is 0 Å². The van der Waals surface area contributed by atoms with Crippen molar-refractivity contribution < 1.29 is 4.79 Å². The Kier molecular flexibility index (Phi) is 4.31. The molecule has 1 amide bonds. The van der Waals surface area contributed by atoms with Gasteiger partial charge in [-0.3, -0.25) is 4.79 Å². The minimum absolute atomic E-state index is 0.0601. The fraction of sp³-hybridized carbons (Fsp3) is 0.143. The molecule has 0 N–H and O–H groups in total. The van der Waals surface area contributed by atoms with E-state index >= 15 is 0 Å². The van der Waals surface area contributed by atoms with Crippen LogP contribution in [0.5, 0.6) is 0 Å². The minimum Gasteiger partial charge on any atom is -0.342 e. The molecule has 0 fully saturated rings. The molecular formula is C21H19N3OS. The lowest BCUT2D eigenvalue weighted by atomic mass is 10.2. The van der Waals surface area contributed by atoms with Crippen molar-refractivity contribution in [3.05, 3.63) is 77.3 Å². The monoisotopic (exact) mass is 361 g/mol. The number of carbonyl (C=O) groups is 1. The van der Waals surface area contributed by atoms with Gasteiger partial charge in [-0.1, -0.05) is 48.5 Å². The van der Waals surface area contributed by atoms with Gasteiger partial charge < -0.3 is 9.47 Å². The normalized spacial score (nSPS) is 11.0. The highest BCUT2D eigenvalue weighted by atomic mass is 32.1. The summed E-state index contributed by atoms with van der Waals surface area (Å²) in [7, 11) is 3.84. The number of nitrogens with zero attached hydrogens (tertiary/aromatic N) is 3. The van der Waals surface area contributed by atoms with Crippen molar-refractivity contribution in [3.8, 4) is 10.7 Å². The number of rotatable bonds is 4. The number of benzene rings is 2. The smallest absolute Gasteiger partial charge is 0.273 e. The number of hydrogen-bond donors (Lipinski definition) is 0. The van der Waals surface area contributed by atoms with Crippen molar-refractivity contribution in [2.75, 3.05) is 7.05 Å². The molecule has 5 heteroatoms. The first-order chi connectivity index (χ1) is 12.6. The molecule has 130 valence electrons. The average molecular weight is 361 g/mol. The molecule has 0 radical (unpaired) electrons. The first-order valence-electron chi connectivity index (χ1n) is 8.43. The van der Waals surface area contributed by atoms with Gasteiger partial charge in [0, 0.05) is 36.9 Å². The Morgan fingerprint density at radius 1 is 1.12 bits per heavy atom. The molecule has 4 rings (SSSR count). The van der Waals surface area contributed by atoms with Crippen LogP contribution >= 0.6 is 11.3 Å². The number of amides is 1. The van der Waals surface area contributed by atoms with Gasteiger partial charge in [-0.05, 0) is 17.7 Å². The summed E-state index contributed by atoms with van der Waals surface area (Å²) in [6.07, 6.45) is 0. The summed E-state index contributed by atoms with van der Waals surface area (Å²) >= 11 is 1.50. The highest BCUT2D eigenvalue weighted by Crippen LogP contribution is 2.29. The quantitative estimate of drug-likeness (QED) is 0.534. The molecule has 0 aliphatic heterocycles. The van der Waals surface area contributed by atoms with Crippen LogP contribution in [0.1, 0.15) is 16.1 Å². The Bertz CT molecular complexity index is 1070. The van der Waals surface area contributed by atoms with Crippen LogP contribution in [0.15, 0.2) is 66.0 Å². The molecule has 4 nitrogen and oxygen atoms in total. The highest BCUT2D eigenvalue weighted by Gasteiger charge is 2.18. The van der Waals surface area contributed by atoms with Crippen molar-refractivity contribution in [1.82, 2.24) is 14.5 Å². The van der Waals surface area contributed by atoms with Crippen LogP contribution in [-0.4, -0.2) is 27.4 Å². The van der Waals surface area contributed by atoms with Crippen LogP contribution in [0.3, 0.4) is 0 Å². The van der Waals surface area contributed by atoms with Crippen LogP contribution in [-0.2, 0) is 13.6 Å². The Labute approximate surface area is 156 Å². The van der Waals surface area contributed by atoms with Gasteiger partial charge in [0.2, 0.25) is 0 Å². The predicted molar refractivity (Wildman–Crippen MR) is 106 cm³/mol. The van der Waals surface area contributed by atoms with Crippen molar-refractivity contribution >= 4 is 28.1 Å². The Morgan fingerprint density at radius 2 is 1.85 bits per heavy atom. The van der Waals surface area contributed by atoms with Crippen LogP contribution in [0.4, 0.5) is 0 Å². The zero-order chi connectivity index (χ0) is 18.1. The number of aryl methyl sites for hydroxylation is 1. The summed E-state index contributed by atoms with van der Waals surface area (Å²) in [5, 5.41) is 3.88. The number of hydrogen-bond acceptors (Lipinski definition) is 3. The molecule has 0 unspecified atom stereocenters. The topological polar surface area (TPSA) is 38.1 Å². The molecule has 2 aromatic carbocycles. The maximum Gasteiger partial charge on any atom is 0.273 e. The first-order valence-corrected chi connectivity index (χ1v) is 9.31. The molecule has 4 aromatic rings. The van der Waals surface area contributed by atoms with E-state index in [0.717, 1.165) is 21.8 Å². The largest absolute Gasteiger partial charge is 0.342 e. The van der Waals surface area contributed by atoms with E-state index in [-0.39, 0.29) is 5.91 Å². The third-order valence-corrected chi connectivity index (χ3v) is 5.37. The molecule has 0 aliphatic rings. The maximum atomic E-state index is 12.7. The summed E-state index contributed by atoms with van der Waals surface area (Å²) in [4.78, 5) is 19.0. The van der Waals surface area contributed by atoms with Crippen LogP contribution < -0.4 is 0 Å². The van der Waals surface area contributed by atoms with Gasteiger partial charge in [-0.15, -0.1) is 11.3 Å². The first kappa shape index (κ1) is 16.5. The highest BCUT2D eigenvalue weighted by molar-refractivity contribution is 7.13. The average Bonchev–Trinajstić information content (AvgIpc) is 3.27. The lowest BCUT2D eigenvalue weighted by Gasteiger charge is -2.15. The maximum absolute atomic E-state index is 12.7. The van der Waals surface area contributed by atoms with E-state index in [4.69, 9.17) is 0 Å². The van der Waals surface area contributed by atoms with E-state index in [0.29, 0.717) is 12.2 Å². The fourth-order valence-corrected chi connectivity index (χ4v) is 3.95. The lowest BCUT2D eigenvalue weighted by Crippen LogP contribution is -2.26. The zero-order valence-corrected chi connectivity index (χ0v) is 15.5. The van der Waals surface area contributed by atoms with E-state index in [1.807, 2.05) is 61.9 Å². The number of fused-ring (bicyclic) bond motifs is 1. The second-order valence-corrected chi connectivity index (χ2v) is 7.19. The minimum atomic E-state index is -0.0601. The molecule has 2 aromatic heterocycles. The standard InChI is InChI=1S/C21H19N3OS/c1-23(13-15-8-4-3-5-9-15)21(25)17-14-26-20(22-17)19-12-16-10-6-7-11-18(16)24(19)2/h3-12,14H,13H2,1-2H3. The second kappa shape index (κ2) is 6.77. The summed E-state index contributed by atoms with van der Waals surface area (Å²) in [5.74, 6) is -0.0601. The number of thiazole rings is 1. The third-order valence-electron chi connectivity index (χ3n) is 4.50. The molecule has 0 aliphatic carbocycles. The van der Waals surface area contributed by atoms with Crippen LogP contribution in [0.25, 0.3) is 21.6 Å². The summed E-state index contributed by atoms with van der Waals surface area (Å²) in [6.45, 7) is 0.570. The molecular weight excluding hydrogens is 342 g/mol.